The number of aromatic nitrogens is 1. The number of benzene rings is 2. The van der Waals surface area contributed by atoms with Crippen LogP contribution >= 0.6 is 0 Å². The number of rotatable bonds is 9. The van der Waals surface area contributed by atoms with Crippen LogP contribution < -0.4 is 16.1 Å². The van der Waals surface area contributed by atoms with Crippen molar-refractivity contribution >= 4 is 42.9 Å². The summed E-state index contributed by atoms with van der Waals surface area (Å²) in [4.78, 5) is 42.4. The van der Waals surface area contributed by atoms with Crippen molar-refractivity contribution in [1.82, 2.24) is 10.3 Å². The summed E-state index contributed by atoms with van der Waals surface area (Å²) < 4.78 is 0. The maximum atomic E-state index is 13.0. The summed E-state index contributed by atoms with van der Waals surface area (Å²) in [6.45, 7) is 6.20. The maximum Gasteiger partial charge on any atom is 0.326 e. The number of nitrogens with one attached hydrogen (secondary N) is 2. The average molecular weight is 521 g/mol. The number of carboxylic acids is 1. The third kappa shape index (κ3) is 6.45. The van der Waals surface area contributed by atoms with Gasteiger partial charge in [-0.05, 0) is 54.2 Å². The highest BCUT2D eigenvalue weighted by Gasteiger charge is 2.23. The molecule has 3 atom stereocenters. The SMILES string of the molecule is [B]c1ccc(C(C)CC)cc1C(=O)NC(Cc1ccc(NC(=O)c2ccnc3c2C=CCC3C)cc1)C(=O)O. The molecular formula is C31H32BN3O4. The van der Waals surface area contributed by atoms with Crippen LogP contribution in [0.25, 0.3) is 6.08 Å². The zero-order valence-electron chi connectivity index (χ0n) is 22.4. The van der Waals surface area contributed by atoms with Crippen LogP contribution in [0.15, 0.2) is 60.8 Å². The van der Waals surface area contributed by atoms with E-state index in [0.717, 1.165) is 29.7 Å². The Bertz CT molecular complexity index is 1420. The van der Waals surface area contributed by atoms with Crippen molar-refractivity contribution in [1.29, 1.82) is 0 Å². The highest BCUT2D eigenvalue weighted by atomic mass is 16.4. The van der Waals surface area contributed by atoms with Gasteiger partial charge in [0.05, 0.1) is 11.3 Å². The van der Waals surface area contributed by atoms with Gasteiger partial charge in [-0.2, -0.15) is 0 Å². The lowest BCUT2D eigenvalue weighted by atomic mass is 9.86. The first-order valence-electron chi connectivity index (χ1n) is 13.2. The van der Waals surface area contributed by atoms with Crippen LogP contribution in [0.2, 0.25) is 0 Å². The average Bonchev–Trinajstić information content (AvgIpc) is 2.93. The number of hydrogen-bond acceptors (Lipinski definition) is 4. The Kier molecular flexibility index (Phi) is 8.64. The third-order valence-electron chi connectivity index (χ3n) is 7.26. The molecule has 1 aromatic heterocycles. The number of amides is 2. The summed E-state index contributed by atoms with van der Waals surface area (Å²) in [5.74, 6) is -1.43. The topological polar surface area (TPSA) is 108 Å². The number of hydrogen-bond donors (Lipinski definition) is 3. The van der Waals surface area contributed by atoms with Gasteiger partial charge >= 0.3 is 5.97 Å². The lowest BCUT2D eigenvalue weighted by Crippen LogP contribution is -2.43. The quantitative estimate of drug-likeness (QED) is 0.357. The largest absolute Gasteiger partial charge is 0.480 e. The van der Waals surface area contributed by atoms with Crippen LogP contribution in [-0.2, 0) is 11.2 Å². The molecule has 0 bridgehead atoms. The Morgan fingerprint density at radius 2 is 1.82 bits per heavy atom. The van der Waals surface area contributed by atoms with E-state index in [1.54, 1.807) is 48.7 Å². The van der Waals surface area contributed by atoms with Crippen molar-refractivity contribution < 1.29 is 19.5 Å². The van der Waals surface area contributed by atoms with Gasteiger partial charge in [0.2, 0.25) is 0 Å². The van der Waals surface area contributed by atoms with Gasteiger partial charge in [0.15, 0.2) is 0 Å². The number of pyridine rings is 1. The summed E-state index contributed by atoms with van der Waals surface area (Å²) >= 11 is 0. The smallest absolute Gasteiger partial charge is 0.326 e. The Labute approximate surface area is 230 Å². The highest BCUT2D eigenvalue weighted by Crippen LogP contribution is 2.30. The monoisotopic (exact) mass is 521 g/mol. The number of carboxylic acid groups (broad SMARTS) is 1. The summed E-state index contributed by atoms with van der Waals surface area (Å²) in [6, 6.07) is 12.7. The second-order valence-electron chi connectivity index (χ2n) is 10.1. The third-order valence-corrected chi connectivity index (χ3v) is 7.26. The summed E-state index contributed by atoms with van der Waals surface area (Å²) in [6.07, 6.45) is 7.51. The van der Waals surface area contributed by atoms with Gasteiger partial charge in [-0.3, -0.25) is 14.6 Å². The van der Waals surface area contributed by atoms with Crippen LogP contribution in [0.4, 0.5) is 5.69 Å². The molecule has 0 saturated heterocycles. The summed E-state index contributed by atoms with van der Waals surface area (Å²) in [7, 11) is 6.03. The van der Waals surface area contributed by atoms with Crippen LogP contribution in [0.3, 0.4) is 0 Å². The van der Waals surface area contributed by atoms with Gasteiger partial charge in [0.1, 0.15) is 13.9 Å². The highest BCUT2D eigenvalue weighted by molar-refractivity contribution is 6.36. The predicted octanol–water partition coefficient (Wildman–Crippen LogP) is 4.59. The van der Waals surface area contributed by atoms with Crippen LogP contribution in [0, 0.1) is 0 Å². The molecule has 1 heterocycles. The second-order valence-corrected chi connectivity index (χ2v) is 10.1. The van der Waals surface area contributed by atoms with Crippen molar-refractivity contribution in [2.45, 2.75) is 57.9 Å². The van der Waals surface area contributed by atoms with Crippen LogP contribution in [0.1, 0.15) is 88.5 Å². The summed E-state index contributed by atoms with van der Waals surface area (Å²) in [5, 5.41) is 15.3. The minimum Gasteiger partial charge on any atom is -0.480 e. The number of nitrogens with zero attached hydrogens (tertiary/aromatic N) is 1. The normalized spacial score (nSPS) is 15.6. The molecular weight excluding hydrogens is 489 g/mol. The van der Waals surface area contributed by atoms with Gasteiger partial charge < -0.3 is 15.7 Å². The number of allylic oxidation sites excluding steroid dienone is 1. The Morgan fingerprint density at radius 1 is 1.08 bits per heavy atom. The molecule has 1 aliphatic carbocycles. The fraction of sp³-hybridized carbons (Fsp3) is 0.290. The van der Waals surface area contributed by atoms with E-state index in [1.165, 1.54) is 0 Å². The fourth-order valence-electron chi connectivity index (χ4n) is 4.66. The van der Waals surface area contributed by atoms with Gasteiger partial charge in [-0.15, -0.1) is 0 Å². The Morgan fingerprint density at radius 3 is 2.51 bits per heavy atom. The first-order chi connectivity index (χ1) is 18.7. The molecule has 2 amide bonds. The fourth-order valence-corrected chi connectivity index (χ4v) is 4.66. The van der Waals surface area contributed by atoms with Crippen molar-refractivity contribution in [2.75, 3.05) is 5.32 Å². The molecule has 0 saturated carbocycles. The first-order valence-corrected chi connectivity index (χ1v) is 13.2. The molecule has 0 fully saturated rings. The minimum absolute atomic E-state index is 0.0702. The molecule has 3 unspecified atom stereocenters. The maximum absolute atomic E-state index is 13.0. The zero-order chi connectivity index (χ0) is 28.1. The molecule has 0 spiro atoms. The zero-order valence-corrected chi connectivity index (χ0v) is 22.4. The van der Waals surface area contributed by atoms with E-state index >= 15 is 0 Å². The molecule has 7 nitrogen and oxygen atoms in total. The molecule has 2 radical (unpaired) electrons. The molecule has 3 aromatic rings. The second kappa shape index (κ2) is 12.1. The molecule has 39 heavy (non-hydrogen) atoms. The van der Waals surface area contributed by atoms with Crippen molar-refractivity contribution in [3.63, 3.8) is 0 Å². The standard InChI is InChI=1S/C31H32BN3O4/c1-4-18(2)21-10-13-26(32)25(17-21)30(37)35-27(31(38)39)16-20-8-11-22(12-9-20)34-29(36)24-14-15-33-28-19(3)6-5-7-23(24)28/h5,7-15,17-19,27H,4,6,16H2,1-3H3,(H,34,36)(H,35,37)(H,38,39). The minimum atomic E-state index is -1.15. The van der Waals surface area contributed by atoms with E-state index < -0.39 is 17.9 Å². The number of carbonyl (C=O) groups is 3. The van der Waals surface area contributed by atoms with E-state index in [9.17, 15) is 19.5 Å². The van der Waals surface area contributed by atoms with Gasteiger partial charge in [0, 0.05) is 35.3 Å². The molecule has 8 heteroatoms. The van der Waals surface area contributed by atoms with Crippen molar-refractivity contribution in [3.05, 3.63) is 94.3 Å². The number of anilines is 1. The lowest BCUT2D eigenvalue weighted by Gasteiger charge is -2.19. The van der Waals surface area contributed by atoms with Gasteiger partial charge in [0.25, 0.3) is 11.8 Å². The number of carbonyl (C=O) groups excluding carboxylic acids is 2. The van der Waals surface area contributed by atoms with Crippen LogP contribution in [-0.4, -0.2) is 41.8 Å². The molecule has 1 aliphatic rings. The van der Waals surface area contributed by atoms with Crippen molar-refractivity contribution in [3.8, 4) is 0 Å². The van der Waals surface area contributed by atoms with E-state index in [4.69, 9.17) is 7.85 Å². The van der Waals surface area contributed by atoms with E-state index in [-0.39, 0.29) is 29.7 Å². The number of fused-ring (bicyclic) bond motifs is 1. The van der Waals surface area contributed by atoms with E-state index in [1.807, 2.05) is 12.1 Å². The Hall–Kier alpha value is -4.20. The molecule has 0 aliphatic heterocycles. The van der Waals surface area contributed by atoms with E-state index in [0.29, 0.717) is 22.3 Å². The predicted molar refractivity (Wildman–Crippen MR) is 154 cm³/mol. The van der Waals surface area contributed by atoms with Crippen LogP contribution in [0.5, 0.6) is 0 Å². The Balaban J connectivity index is 1.44. The first kappa shape index (κ1) is 27.8. The van der Waals surface area contributed by atoms with Crippen molar-refractivity contribution in [2.24, 2.45) is 0 Å². The molecule has 198 valence electrons. The lowest BCUT2D eigenvalue weighted by molar-refractivity contribution is -0.139. The molecule has 4 rings (SSSR count). The van der Waals surface area contributed by atoms with E-state index in [2.05, 4.69) is 42.5 Å². The van der Waals surface area contributed by atoms with Gasteiger partial charge in [-0.1, -0.05) is 62.7 Å². The molecule has 2 aromatic carbocycles. The van der Waals surface area contributed by atoms with Gasteiger partial charge in [-0.25, -0.2) is 4.79 Å². The molecule has 3 N–H and O–H groups in total. The number of aliphatic carboxylic acids is 1. The summed E-state index contributed by atoms with van der Waals surface area (Å²) in [5.41, 5.74) is 5.10.